The van der Waals surface area contributed by atoms with Crippen LogP contribution in [0.4, 0.5) is 0 Å². The summed E-state index contributed by atoms with van der Waals surface area (Å²) < 4.78 is 9.82. The second kappa shape index (κ2) is 4.93. The van der Waals surface area contributed by atoms with E-state index in [9.17, 15) is 9.59 Å². The molecule has 0 spiro atoms. The summed E-state index contributed by atoms with van der Waals surface area (Å²) in [4.78, 5) is 29.5. The summed E-state index contributed by atoms with van der Waals surface area (Å²) in [5, 5.41) is 1.31. The van der Waals surface area contributed by atoms with Crippen LogP contribution in [0.1, 0.15) is 0 Å². The molecule has 1 aromatic carbocycles. The Balaban J connectivity index is 2.36. The minimum atomic E-state index is 0.359. The summed E-state index contributed by atoms with van der Waals surface area (Å²) in [7, 11) is 0. The van der Waals surface area contributed by atoms with Gasteiger partial charge >= 0.3 is 0 Å². The average molecular weight is 268 g/mol. The van der Waals surface area contributed by atoms with Gasteiger partial charge in [0.05, 0.1) is 0 Å². The first-order chi connectivity index (χ1) is 9.85. The Morgan fingerprint density at radius 2 is 1.20 bits per heavy atom. The van der Waals surface area contributed by atoms with E-state index in [1.54, 1.807) is 24.3 Å². The van der Waals surface area contributed by atoms with Crippen LogP contribution in [0.5, 0.6) is 11.5 Å². The van der Waals surface area contributed by atoms with Crippen molar-refractivity contribution in [1.29, 1.82) is 0 Å². The lowest BCUT2D eigenvalue weighted by molar-refractivity contribution is -0.121. The molecule has 0 unspecified atom stereocenters. The van der Waals surface area contributed by atoms with Gasteiger partial charge in [0.15, 0.2) is 0 Å². The molecule has 98 valence electrons. The third kappa shape index (κ3) is 1.83. The van der Waals surface area contributed by atoms with Crippen molar-refractivity contribution in [3.8, 4) is 11.5 Å². The zero-order valence-electron chi connectivity index (χ0n) is 10.1. The van der Waals surface area contributed by atoms with E-state index in [0.29, 0.717) is 46.2 Å². The highest BCUT2D eigenvalue weighted by molar-refractivity contribution is 6.07. The summed E-state index contributed by atoms with van der Waals surface area (Å²) in [6.07, 6.45) is 3.05. The smallest absolute Gasteiger partial charge is 0.298 e. The zero-order valence-corrected chi connectivity index (χ0v) is 10.1. The highest BCUT2D eigenvalue weighted by Gasteiger charge is 2.11. The van der Waals surface area contributed by atoms with Crippen LogP contribution in [0, 0.1) is 0 Å². The number of pyridine rings is 2. The Labute approximate surface area is 113 Å². The van der Waals surface area contributed by atoms with Gasteiger partial charge in [0.25, 0.3) is 12.9 Å². The van der Waals surface area contributed by atoms with E-state index in [1.165, 1.54) is 12.4 Å². The monoisotopic (exact) mass is 268 g/mol. The maximum absolute atomic E-state index is 10.5. The molecule has 0 aliphatic carbocycles. The normalized spacial score (nSPS) is 10.4. The molecule has 20 heavy (non-hydrogen) atoms. The van der Waals surface area contributed by atoms with Crippen molar-refractivity contribution in [3.63, 3.8) is 0 Å². The molecule has 0 N–H and O–H groups in total. The van der Waals surface area contributed by atoms with Gasteiger partial charge in [-0.1, -0.05) is 0 Å². The van der Waals surface area contributed by atoms with Crippen molar-refractivity contribution >= 4 is 34.8 Å². The fourth-order valence-corrected chi connectivity index (χ4v) is 2.09. The summed E-state index contributed by atoms with van der Waals surface area (Å²) >= 11 is 0. The van der Waals surface area contributed by atoms with Gasteiger partial charge < -0.3 is 9.47 Å². The van der Waals surface area contributed by atoms with Crippen molar-refractivity contribution in [2.75, 3.05) is 0 Å². The third-order valence-electron chi connectivity index (χ3n) is 2.89. The molecule has 6 heteroatoms. The first kappa shape index (κ1) is 12.0. The van der Waals surface area contributed by atoms with Crippen LogP contribution in [0.2, 0.25) is 0 Å². The first-order valence-electron chi connectivity index (χ1n) is 5.72. The molecule has 2 heterocycles. The minimum absolute atomic E-state index is 0.359. The Morgan fingerprint density at radius 1 is 0.750 bits per heavy atom. The highest BCUT2D eigenvalue weighted by atomic mass is 16.5. The molecule has 0 aliphatic rings. The molecule has 2 aromatic heterocycles. The van der Waals surface area contributed by atoms with Gasteiger partial charge in [-0.3, -0.25) is 19.6 Å². The second-order valence-electron chi connectivity index (χ2n) is 3.90. The largest absolute Gasteiger partial charge is 0.428 e. The highest BCUT2D eigenvalue weighted by Crippen LogP contribution is 2.32. The van der Waals surface area contributed by atoms with Gasteiger partial charge in [-0.2, -0.15) is 0 Å². The average Bonchev–Trinajstić information content (AvgIpc) is 2.48. The van der Waals surface area contributed by atoms with Gasteiger partial charge in [0, 0.05) is 23.2 Å². The number of fused-ring (bicyclic) bond motifs is 3. The van der Waals surface area contributed by atoms with E-state index in [1.807, 2.05) is 0 Å². The van der Waals surface area contributed by atoms with Crippen molar-refractivity contribution in [2.45, 2.75) is 0 Å². The number of carbonyl (C=O) groups excluding carboxylic acids is 2. The summed E-state index contributed by atoms with van der Waals surface area (Å²) in [6, 6.07) is 6.66. The van der Waals surface area contributed by atoms with E-state index in [2.05, 4.69) is 9.97 Å². The van der Waals surface area contributed by atoms with Crippen LogP contribution >= 0.6 is 0 Å². The number of rotatable bonds is 4. The van der Waals surface area contributed by atoms with Crippen LogP contribution in [-0.4, -0.2) is 22.9 Å². The summed E-state index contributed by atoms with van der Waals surface area (Å²) in [5.41, 5.74) is 1.14. The second-order valence-corrected chi connectivity index (χ2v) is 3.90. The number of carbonyl (C=O) groups is 2. The number of ether oxygens (including phenoxy) is 2. The molecule has 0 bridgehead atoms. The summed E-state index contributed by atoms with van der Waals surface area (Å²) in [6.45, 7) is 0.719. The fourth-order valence-electron chi connectivity index (χ4n) is 2.09. The van der Waals surface area contributed by atoms with Crippen LogP contribution in [0.3, 0.4) is 0 Å². The van der Waals surface area contributed by atoms with E-state index < -0.39 is 0 Å². The molecule has 0 saturated carbocycles. The first-order valence-corrected chi connectivity index (χ1v) is 5.72. The van der Waals surface area contributed by atoms with Crippen molar-refractivity contribution in [2.24, 2.45) is 0 Å². The molecule has 6 nitrogen and oxygen atoms in total. The molecule has 0 fully saturated rings. The lowest BCUT2D eigenvalue weighted by atomic mass is 10.1. The molecule has 3 rings (SSSR count). The number of hydrogen-bond acceptors (Lipinski definition) is 6. The van der Waals surface area contributed by atoms with Gasteiger partial charge in [-0.15, -0.1) is 0 Å². The molecule has 0 radical (unpaired) electrons. The van der Waals surface area contributed by atoms with Crippen molar-refractivity contribution in [3.05, 3.63) is 36.7 Å². The van der Waals surface area contributed by atoms with E-state index >= 15 is 0 Å². The maximum atomic E-state index is 10.5. The van der Waals surface area contributed by atoms with Crippen LogP contribution in [0.15, 0.2) is 36.7 Å². The van der Waals surface area contributed by atoms with Crippen LogP contribution < -0.4 is 9.47 Å². The predicted octanol–water partition coefficient (Wildman–Crippen LogP) is 1.85. The zero-order chi connectivity index (χ0) is 13.9. The van der Waals surface area contributed by atoms with Crippen LogP contribution in [-0.2, 0) is 9.59 Å². The van der Waals surface area contributed by atoms with Gasteiger partial charge in [0.1, 0.15) is 22.5 Å². The van der Waals surface area contributed by atoms with Gasteiger partial charge in [-0.05, 0) is 24.3 Å². The number of aromatic nitrogens is 2. The van der Waals surface area contributed by atoms with Gasteiger partial charge in [0.2, 0.25) is 0 Å². The Morgan fingerprint density at radius 3 is 1.60 bits per heavy atom. The van der Waals surface area contributed by atoms with Crippen LogP contribution in [0.25, 0.3) is 21.8 Å². The SMILES string of the molecule is O=COc1ccnc2c1ccc1c(OC=O)ccnc12. The topological polar surface area (TPSA) is 78.4 Å². The fraction of sp³-hybridized carbons (Fsp3) is 0. The van der Waals surface area contributed by atoms with E-state index in [-0.39, 0.29) is 0 Å². The lowest BCUT2D eigenvalue weighted by Crippen LogP contribution is -1.94. The van der Waals surface area contributed by atoms with Gasteiger partial charge in [-0.25, -0.2) is 0 Å². The molecule has 3 aromatic rings. The minimum Gasteiger partial charge on any atom is -0.428 e. The van der Waals surface area contributed by atoms with Crippen molar-refractivity contribution in [1.82, 2.24) is 9.97 Å². The molecular weight excluding hydrogens is 260 g/mol. The molecule has 0 aliphatic heterocycles. The predicted molar refractivity (Wildman–Crippen MR) is 70.4 cm³/mol. The molecular formula is C14H8N2O4. The Bertz CT molecular complexity index is 748. The number of benzene rings is 1. The Hall–Kier alpha value is -3.02. The third-order valence-corrected chi connectivity index (χ3v) is 2.89. The number of nitrogens with zero attached hydrogens (tertiary/aromatic N) is 2. The molecule has 0 saturated heterocycles. The molecule has 0 amide bonds. The molecule has 0 atom stereocenters. The Kier molecular flexibility index (Phi) is 2.96. The van der Waals surface area contributed by atoms with E-state index in [4.69, 9.17) is 9.47 Å². The standard InChI is InChI=1S/C14H8N2O4/c17-7-19-11-3-5-15-13-9(11)1-2-10-12(20-8-18)4-6-16-14(10)13/h1-8H. The quantitative estimate of drug-likeness (QED) is 0.530. The van der Waals surface area contributed by atoms with Crippen molar-refractivity contribution < 1.29 is 19.1 Å². The lowest BCUT2D eigenvalue weighted by Gasteiger charge is -2.07. The maximum Gasteiger partial charge on any atom is 0.298 e. The van der Waals surface area contributed by atoms with E-state index in [0.717, 1.165) is 0 Å². The summed E-state index contributed by atoms with van der Waals surface area (Å²) in [5.74, 6) is 0.797. The number of hydrogen-bond donors (Lipinski definition) is 0.